The van der Waals surface area contributed by atoms with Crippen molar-refractivity contribution in [2.24, 2.45) is 5.92 Å². The lowest BCUT2D eigenvalue weighted by atomic mass is 10.1. The number of nitrogens with zero attached hydrogens (tertiary/aromatic N) is 5. The van der Waals surface area contributed by atoms with E-state index in [0.717, 1.165) is 16.9 Å². The molecule has 0 radical (unpaired) electrons. The fraction of sp³-hybridized carbons (Fsp3) is 0.154. The van der Waals surface area contributed by atoms with Gasteiger partial charge in [0.2, 0.25) is 5.91 Å². The molecule has 0 atom stereocenters. The van der Waals surface area contributed by atoms with Crippen molar-refractivity contribution >= 4 is 45.1 Å². The van der Waals surface area contributed by atoms with E-state index in [2.05, 4.69) is 40.4 Å². The van der Waals surface area contributed by atoms with Crippen LogP contribution in [-0.2, 0) is 4.79 Å². The minimum absolute atomic E-state index is 0.138. The Morgan fingerprint density at radius 2 is 1.95 bits per heavy atom. The third kappa shape index (κ3) is 4.28. The molecular formula is C26H20F2N8OS. The fourth-order valence-electron chi connectivity index (χ4n) is 4.26. The quantitative estimate of drug-likeness (QED) is 0.244. The highest BCUT2D eigenvalue weighted by molar-refractivity contribution is 7.14. The Hall–Kier alpha value is -4.58. The van der Waals surface area contributed by atoms with Crippen LogP contribution < -0.4 is 5.32 Å². The van der Waals surface area contributed by atoms with Crippen molar-refractivity contribution in [1.29, 1.82) is 0 Å². The molecule has 0 unspecified atom stereocenters. The number of pyridine rings is 3. The molecule has 9 nitrogen and oxygen atoms in total. The molecule has 0 aromatic carbocycles. The maximum Gasteiger partial charge on any atom is 0.224 e. The second kappa shape index (κ2) is 9.38. The van der Waals surface area contributed by atoms with Crippen molar-refractivity contribution in [3.8, 4) is 33.1 Å². The van der Waals surface area contributed by atoms with Crippen molar-refractivity contribution in [3.05, 3.63) is 60.0 Å². The molecule has 0 bridgehead atoms. The number of hydrogen-bond donors (Lipinski definition) is 3. The van der Waals surface area contributed by atoms with Gasteiger partial charge >= 0.3 is 0 Å². The summed E-state index contributed by atoms with van der Waals surface area (Å²) < 4.78 is 29.7. The number of aromatic nitrogens is 7. The summed E-state index contributed by atoms with van der Waals surface area (Å²) in [5, 5.41) is 9.61. The monoisotopic (exact) mass is 530 g/mol. The number of nitrogens with one attached hydrogen (secondary N) is 3. The van der Waals surface area contributed by atoms with Crippen molar-refractivity contribution < 1.29 is 13.6 Å². The highest BCUT2D eigenvalue weighted by Gasteiger charge is 2.21. The number of halogens is 2. The molecule has 0 saturated heterocycles. The molecule has 3 N–H and O–H groups in total. The largest absolute Gasteiger partial charge is 0.335 e. The molecule has 1 amide bonds. The summed E-state index contributed by atoms with van der Waals surface area (Å²) in [7, 11) is 0. The highest BCUT2D eigenvalue weighted by atomic mass is 32.1. The minimum Gasteiger partial charge on any atom is -0.335 e. The molecule has 0 fully saturated rings. The van der Waals surface area contributed by atoms with Gasteiger partial charge in [0.05, 0.1) is 22.8 Å². The summed E-state index contributed by atoms with van der Waals surface area (Å²) >= 11 is 1.01. The Kier molecular flexibility index (Phi) is 5.87. The van der Waals surface area contributed by atoms with Gasteiger partial charge in [-0.15, -0.1) is 11.3 Å². The number of carbonyl (C=O) groups excluding carboxylic acids is 1. The van der Waals surface area contributed by atoms with Crippen LogP contribution in [0.3, 0.4) is 0 Å². The molecule has 12 heteroatoms. The van der Waals surface area contributed by atoms with Gasteiger partial charge in [-0.2, -0.15) is 9.49 Å². The smallest absolute Gasteiger partial charge is 0.224 e. The van der Waals surface area contributed by atoms with Crippen molar-refractivity contribution in [3.63, 3.8) is 0 Å². The van der Waals surface area contributed by atoms with Gasteiger partial charge in [0.1, 0.15) is 11.5 Å². The fourth-order valence-corrected chi connectivity index (χ4v) is 5.02. The van der Waals surface area contributed by atoms with E-state index in [1.807, 2.05) is 13.8 Å². The van der Waals surface area contributed by atoms with Gasteiger partial charge in [-0.1, -0.05) is 13.8 Å². The van der Waals surface area contributed by atoms with Gasteiger partial charge in [-0.05, 0) is 30.2 Å². The predicted octanol–water partition coefficient (Wildman–Crippen LogP) is 5.95. The Morgan fingerprint density at radius 3 is 2.74 bits per heavy atom. The van der Waals surface area contributed by atoms with E-state index < -0.39 is 5.82 Å². The topological polar surface area (TPSA) is 125 Å². The maximum absolute atomic E-state index is 16.0. The standard InChI is InChI=1S/C26H20F2N8OS/c1-12(2)7-19(37)32-14-8-13(9-29-10-14)16-11-31-24-20(21(16)28)23(35-36-24)26-33-22-15(5-6-30-25(22)34-26)17-3-4-18(27)38-17/h3-6,8-12H,7H2,1-2H3,(H,32,37)(H,30,33,34)(H,31,35,36). The summed E-state index contributed by atoms with van der Waals surface area (Å²) in [6, 6.07) is 6.49. The number of carbonyl (C=O) groups is 1. The van der Waals surface area contributed by atoms with Crippen LogP contribution in [0.5, 0.6) is 0 Å². The van der Waals surface area contributed by atoms with Gasteiger partial charge < -0.3 is 10.3 Å². The zero-order valence-corrected chi connectivity index (χ0v) is 21.0. The first kappa shape index (κ1) is 23.8. The number of hydrogen-bond acceptors (Lipinski definition) is 7. The number of thiophene rings is 1. The zero-order valence-electron chi connectivity index (χ0n) is 20.2. The van der Waals surface area contributed by atoms with E-state index in [4.69, 9.17) is 0 Å². The van der Waals surface area contributed by atoms with Crippen LogP contribution in [0.2, 0.25) is 0 Å². The van der Waals surface area contributed by atoms with Gasteiger partial charge in [0, 0.05) is 46.6 Å². The molecule has 0 aliphatic carbocycles. The average Bonchev–Trinajstić information content (AvgIpc) is 3.61. The molecule has 0 aliphatic heterocycles. The summed E-state index contributed by atoms with van der Waals surface area (Å²) in [5.41, 5.74) is 3.27. The summed E-state index contributed by atoms with van der Waals surface area (Å²) in [6.07, 6.45) is 6.34. The van der Waals surface area contributed by atoms with E-state index in [1.165, 1.54) is 24.7 Å². The molecule has 6 heterocycles. The lowest BCUT2D eigenvalue weighted by molar-refractivity contribution is -0.116. The normalized spacial score (nSPS) is 11.6. The summed E-state index contributed by atoms with van der Waals surface area (Å²) in [5.74, 6) is -0.204. The number of aromatic amines is 2. The molecule has 38 heavy (non-hydrogen) atoms. The Bertz CT molecular complexity index is 1820. The number of imidazole rings is 1. The first-order valence-corrected chi connectivity index (χ1v) is 12.6. The molecular weight excluding hydrogens is 510 g/mol. The van der Waals surface area contributed by atoms with Gasteiger partial charge in [0.25, 0.3) is 0 Å². The second-order valence-electron chi connectivity index (χ2n) is 9.14. The van der Waals surface area contributed by atoms with Crippen LogP contribution in [0.15, 0.2) is 49.1 Å². The molecule has 6 rings (SSSR count). The second-order valence-corrected chi connectivity index (χ2v) is 10.2. The van der Waals surface area contributed by atoms with Crippen molar-refractivity contribution in [2.45, 2.75) is 20.3 Å². The molecule has 190 valence electrons. The van der Waals surface area contributed by atoms with Crippen LogP contribution in [0, 0.1) is 16.9 Å². The first-order valence-electron chi connectivity index (χ1n) is 11.8. The van der Waals surface area contributed by atoms with Crippen LogP contribution >= 0.6 is 11.3 Å². The number of anilines is 1. The summed E-state index contributed by atoms with van der Waals surface area (Å²) in [4.78, 5) is 33.4. The Morgan fingerprint density at radius 1 is 1.08 bits per heavy atom. The molecule has 0 aliphatic rings. The Labute approximate surface area is 218 Å². The third-order valence-electron chi connectivity index (χ3n) is 5.91. The Balaban J connectivity index is 1.42. The first-order chi connectivity index (χ1) is 18.4. The maximum atomic E-state index is 16.0. The van der Waals surface area contributed by atoms with Crippen molar-refractivity contribution in [1.82, 2.24) is 35.1 Å². The third-order valence-corrected chi connectivity index (χ3v) is 6.82. The van der Waals surface area contributed by atoms with E-state index >= 15 is 4.39 Å². The van der Waals surface area contributed by atoms with Crippen LogP contribution in [-0.4, -0.2) is 41.0 Å². The zero-order chi connectivity index (χ0) is 26.4. The molecule has 0 saturated carbocycles. The number of H-pyrrole nitrogens is 2. The van der Waals surface area contributed by atoms with E-state index in [9.17, 15) is 9.18 Å². The summed E-state index contributed by atoms with van der Waals surface area (Å²) in [6.45, 7) is 3.90. The van der Waals surface area contributed by atoms with Gasteiger partial charge in [-0.3, -0.25) is 14.9 Å². The lowest BCUT2D eigenvalue weighted by Gasteiger charge is -2.09. The molecule has 0 spiro atoms. The number of fused-ring (bicyclic) bond motifs is 2. The van der Waals surface area contributed by atoms with Gasteiger partial charge in [-0.25, -0.2) is 19.3 Å². The van der Waals surface area contributed by atoms with Crippen LogP contribution in [0.25, 0.3) is 55.3 Å². The number of amides is 1. The number of rotatable bonds is 6. The SMILES string of the molecule is CC(C)CC(=O)Nc1cncc(-c2cnc3n[nH]c(-c4nc5nccc(-c6ccc(F)s6)c5[nH]4)c3c2F)c1. The average molecular weight is 531 g/mol. The highest BCUT2D eigenvalue weighted by Crippen LogP contribution is 2.35. The van der Waals surface area contributed by atoms with E-state index in [-0.39, 0.29) is 33.6 Å². The lowest BCUT2D eigenvalue weighted by Crippen LogP contribution is -2.14. The van der Waals surface area contributed by atoms with Crippen LogP contribution in [0.1, 0.15) is 20.3 Å². The molecule has 6 aromatic heterocycles. The van der Waals surface area contributed by atoms with E-state index in [1.54, 1.807) is 24.4 Å². The van der Waals surface area contributed by atoms with Crippen LogP contribution in [0.4, 0.5) is 14.5 Å². The van der Waals surface area contributed by atoms with Crippen molar-refractivity contribution in [2.75, 3.05) is 5.32 Å². The molecule has 6 aromatic rings. The van der Waals surface area contributed by atoms with Gasteiger partial charge in [0.15, 0.2) is 22.2 Å². The predicted molar refractivity (Wildman–Crippen MR) is 141 cm³/mol. The minimum atomic E-state index is -0.569. The van der Waals surface area contributed by atoms with E-state index in [0.29, 0.717) is 45.2 Å².